The first-order chi connectivity index (χ1) is 9.40. The number of H-pyrrole nitrogens is 1. The molecule has 0 bridgehead atoms. The highest BCUT2D eigenvalue weighted by Gasteiger charge is 2.42. The lowest BCUT2D eigenvalue weighted by molar-refractivity contribution is -0.139. The van der Waals surface area contributed by atoms with Gasteiger partial charge in [-0.15, -0.1) is 0 Å². The highest BCUT2D eigenvalue weighted by Crippen LogP contribution is 2.21. The lowest BCUT2D eigenvalue weighted by Gasteiger charge is -2.14. The van der Waals surface area contributed by atoms with Crippen molar-refractivity contribution in [3.05, 3.63) is 22.2 Å². The zero-order chi connectivity index (χ0) is 15.3. The van der Waals surface area contributed by atoms with Gasteiger partial charge in [0.15, 0.2) is 6.29 Å². The number of rotatable bonds is 2. The molecule has 4 atom stereocenters. The molecule has 0 saturated carbocycles. The quantitative estimate of drug-likeness (QED) is 0.409. The molecule has 0 radical (unpaired) electrons. The van der Waals surface area contributed by atoms with Gasteiger partial charge in [-0.25, -0.2) is 9.78 Å². The minimum atomic E-state index is -1.15. The molecule has 9 nitrogen and oxygen atoms in total. The smallest absolute Gasteiger partial charge is 0.346 e. The van der Waals surface area contributed by atoms with Crippen LogP contribution < -0.4 is 11.4 Å². The van der Waals surface area contributed by atoms with E-state index in [1.165, 1.54) is 13.3 Å². The summed E-state index contributed by atoms with van der Waals surface area (Å²) in [7, 11) is 1.36. The van der Waals surface area contributed by atoms with Crippen LogP contribution in [0.4, 0.5) is 5.82 Å². The number of hydrogen-bond donors (Lipinski definition) is 5. The van der Waals surface area contributed by atoms with Crippen molar-refractivity contribution < 1.29 is 24.8 Å². The third-order valence-corrected chi connectivity index (χ3v) is 2.81. The number of nitrogens with one attached hydrogen (secondary N) is 1. The number of aromatic nitrogens is 2. The van der Waals surface area contributed by atoms with E-state index in [-0.39, 0.29) is 6.61 Å². The fourth-order valence-electron chi connectivity index (χ4n) is 1.60. The number of anilines is 1. The maximum Gasteiger partial charge on any atom is 0.346 e. The number of nitrogen functional groups attached to an aromatic ring is 1. The molecule has 1 saturated heterocycles. The second-order valence-corrected chi connectivity index (χ2v) is 4.22. The Bertz CT molecular complexity index is 479. The Kier molecular flexibility index (Phi) is 6.05. The summed E-state index contributed by atoms with van der Waals surface area (Å²) >= 11 is 0. The summed E-state index contributed by atoms with van der Waals surface area (Å²) in [6, 6.07) is 0. The average molecular weight is 289 g/mol. The summed E-state index contributed by atoms with van der Waals surface area (Å²) in [5.74, 6) is 0.384. The number of nitrogens with two attached hydrogens (primary N) is 1. The predicted octanol–water partition coefficient (Wildman–Crippen LogP) is -2.27. The average Bonchev–Trinajstić information content (AvgIpc) is 2.69. The first-order valence-electron chi connectivity index (χ1n) is 5.87. The van der Waals surface area contributed by atoms with E-state index >= 15 is 0 Å². The van der Waals surface area contributed by atoms with Crippen molar-refractivity contribution in [2.24, 2.45) is 0 Å². The monoisotopic (exact) mass is 289 g/mol. The molecule has 0 spiro atoms. The zero-order valence-electron chi connectivity index (χ0n) is 11.2. The molecular formula is C11H19N3O6. The molecule has 2 rings (SSSR count). The van der Waals surface area contributed by atoms with Crippen LogP contribution in [0.15, 0.2) is 11.0 Å². The maximum absolute atomic E-state index is 10.4. The molecule has 1 fully saturated rings. The van der Waals surface area contributed by atoms with Crippen LogP contribution in [-0.2, 0) is 9.47 Å². The molecule has 6 N–H and O–H groups in total. The first-order valence-corrected chi connectivity index (χ1v) is 5.87. The summed E-state index contributed by atoms with van der Waals surface area (Å²) in [4.78, 5) is 16.2. The molecule has 1 aromatic heterocycles. The number of aliphatic hydroxyl groups excluding tert-OH is 3. The van der Waals surface area contributed by atoms with Crippen molar-refractivity contribution in [2.75, 3.05) is 19.5 Å². The lowest BCUT2D eigenvalue weighted by atomic mass is 10.1. The largest absolute Gasteiger partial charge is 0.394 e. The fraction of sp³-hybridized carbons (Fsp3) is 0.636. The zero-order valence-corrected chi connectivity index (χ0v) is 11.2. The maximum atomic E-state index is 10.4. The molecule has 1 unspecified atom stereocenters. The van der Waals surface area contributed by atoms with E-state index in [0.717, 1.165) is 5.56 Å². The van der Waals surface area contributed by atoms with Crippen molar-refractivity contribution in [1.29, 1.82) is 0 Å². The minimum Gasteiger partial charge on any atom is -0.394 e. The molecular weight excluding hydrogens is 270 g/mol. The van der Waals surface area contributed by atoms with E-state index in [1.54, 1.807) is 6.92 Å². The van der Waals surface area contributed by atoms with Crippen molar-refractivity contribution in [3.8, 4) is 0 Å². The fourth-order valence-corrected chi connectivity index (χ4v) is 1.60. The highest BCUT2D eigenvalue weighted by atomic mass is 16.7. The molecule has 1 aliphatic rings. The predicted molar refractivity (Wildman–Crippen MR) is 68.8 cm³/mol. The third-order valence-electron chi connectivity index (χ3n) is 2.81. The molecule has 1 aromatic rings. The molecule has 114 valence electrons. The minimum absolute atomic E-state index is 0.321. The van der Waals surface area contributed by atoms with Gasteiger partial charge in [-0.2, -0.15) is 0 Å². The molecule has 0 aromatic carbocycles. The number of aliphatic hydroxyl groups is 3. The molecule has 0 amide bonds. The van der Waals surface area contributed by atoms with E-state index in [2.05, 4.69) is 9.97 Å². The van der Waals surface area contributed by atoms with Crippen molar-refractivity contribution >= 4 is 5.82 Å². The molecule has 0 aliphatic carbocycles. The Hall–Kier alpha value is -1.52. The van der Waals surface area contributed by atoms with Crippen LogP contribution in [0.3, 0.4) is 0 Å². The van der Waals surface area contributed by atoms with Gasteiger partial charge in [-0.3, -0.25) is 4.98 Å². The topological polar surface area (TPSA) is 151 Å². The first kappa shape index (κ1) is 16.5. The summed E-state index contributed by atoms with van der Waals surface area (Å²) in [6.07, 6.45) is -2.16. The SMILES string of the molecule is CO[C@H]1C(O)O[C@H](CO)[C@H]1O.Cc1cnc(=O)[nH]c1N. The van der Waals surface area contributed by atoms with E-state index in [4.69, 9.17) is 25.4 Å². The second kappa shape index (κ2) is 7.31. The standard InChI is InChI=1S/C6H12O5.C5H7N3O/c1-10-5-4(8)3(2-7)11-6(5)9;1-3-2-7-5(9)8-4(3)6/h3-9H,2H2,1H3;2H,1H3,(H3,6,7,8,9)/t3-,4-,5-,6?;/m1./s1. The molecule has 20 heavy (non-hydrogen) atoms. The van der Waals surface area contributed by atoms with E-state index in [0.29, 0.717) is 5.82 Å². The Balaban J connectivity index is 0.000000204. The van der Waals surface area contributed by atoms with Crippen LogP contribution >= 0.6 is 0 Å². The Morgan fingerprint density at radius 1 is 1.55 bits per heavy atom. The van der Waals surface area contributed by atoms with Gasteiger partial charge in [-0.1, -0.05) is 0 Å². The van der Waals surface area contributed by atoms with Gasteiger partial charge in [-0.05, 0) is 6.92 Å². The van der Waals surface area contributed by atoms with Crippen LogP contribution in [0, 0.1) is 6.92 Å². The second-order valence-electron chi connectivity index (χ2n) is 4.22. The number of aromatic amines is 1. The summed E-state index contributed by atoms with van der Waals surface area (Å²) in [5, 5.41) is 26.9. The van der Waals surface area contributed by atoms with Crippen molar-refractivity contribution in [3.63, 3.8) is 0 Å². The number of aryl methyl sites for hydroxylation is 1. The van der Waals surface area contributed by atoms with Gasteiger partial charge in [0.25, 0.3) is 0 Å². The molecule has 2 heterocycles. The van der Waals surface area contributed by atoms with Crippen LogP contribution in [-0.4, -0.2) is 63.6 Å². The third kappa shape index (κ3) is 3.99. The molecule has 9 heteroatoms. The van der Waals surface area contributed by atoms with E-state index < -0.39 is 30.3 Å². The normalized spacial score (nSPS) is 28.9. The number of ether oxygens (including phenoxy) is 2. The number of methoxy groups -OCH3 is 1. The van der Waals surface area contributed by atoms with Gasteiger partial charge in [0.05, 0.1) is 6.61 Å². The number of hydrogen-bond acceptors (Lipinski definition) is 8. The van der Waals surface area contributed by atoms with E-state index in [9.17, 15) is 9.90 Å². The number of nitrogens with zero attached hydrogens (tertiary/aromatic N) is 1. The van der Waals surface area contributed by atoms with Gasteiger partial charge in [0, 0.05) is 18.9 Å². The summed E-state index contributed by atoms with van der Waals surface area (Å²) in [6.45, 7) is 1.45. The Labute approximate surface area is 115 Å². The van der Waals surface area contributed by atoms with Gasteiger partial charge >= 0.3 is 5.69 Å². The van der Waals surface area contributed by atoms with E-state index in [1.807, 2.05) is 0 Å². The van der Waals surface area contributed by atoms with Crippen LogP contribution in [0.2, 0.25) is 0 Å². The molecule has 1 aliphatic heterocycles. The van der Waals surface area contributed by atoms with Crippen molar-refractivity contribution in [2.45, 2.75) is 31.5 Å². The Morgan fingerprint density at radius 2 is 2.20 bits per heavy atom. The van der Waals surface area contributed by atoms with Crippen LogP contribution in [0.1, 0.15) is 5.56 Å². The summed E-state index contributed by atoms with van der Waals surface area (Å²) in [5.41, 5.74) is 5.71. The lowest BCUT2D eigenvalue weighted by Crippen LogP contribution is -2.35. The van der Waals surface area contributed by atoms with Crippen LogP contribution in [0.25, 0.3) is 0 Å². The van der Waals surface area contributed by atoms with Gasteiger partial charge in [0.2, 0.25) is 0 Å². The Morgan fingerprint density at radius 3 is 2.55 bits per heavy atom. The summed E-state index contributed by atoms with van der Waals surface area (Å²) < 4.78 is 9.49. The van der Waals surface area contributed by atoms with Gasteiger partial charge in [0.1, 0.15) is 24.1 Å². The van der Waals surface area contributed by atoms with Gasteiger partial charge < -0.3 is 30.5 Å². The highest BCUT2D eigenvalue weighted by molar-refractivity contribution is 5.34. The van der Waals surface area contributed by atoms with Crippen LogP contribution in [0.5, 0.6) is 0 Å². The van der Waals surface area contributed by atoms with Crippen molar-refractivity contribution in [1.82, 2.24) is 9.97 Å².